The molecule has 46 heavy (non-hydrogen) atoms. The van der Waals surface area contributed by atoms with Crippen LogP contribution >= 0.6 is 11.6 Å². The number of halogens is 8. The molecule has 5 rings (SSSR count). The fourth-order valence-electron chi connectivity index (χ4n) is 7.44. The van der Waals surface area contributed by atoms with E-state index < -0.39 is 67.4 Å². The Hall–Kier alpha value is -2.87. The maximum Gasteiger partial charge on any atom is 0.435 e. The first-order chi connectivity index (χ1) is 21.1. The average molecular weight is 698 g/mol. The third-order valence-corrected chi connectivity index (χ3v) is 13.2. The first-order valence-electron chi connectivity index (χ1n) is 14.6. The maximum atomic E-state index is 15.1. The highest BCUT2D eigenvalue weighted by Crippen LogP contribution is 2.57. The normalized spacial score (nSPS) is 27.2. The fourth-order valence-corrected chi connectivity index (χ4v) is 10.0. The number of hydrogen-bond donors (Lipinski definition) is 1. The summed E-state index contributed by atoms with van der Waals surface area (Å²) in [5.41, 5.74) is -8.31. The molecule has 0 spiro atoms. The Balaban J connectivity index is 1.63. The molecule has 0 aromatic heterocycles. The molecule has 2 aromatic rings. The van der Waals surface area contributed by atoms with Crippen LogP contribution in [0.2, 0.25) is 5.02 Å². The molecule has 1 N–H and O–H groups in total. The molecule has 6 nitrogen and oxygen atoms in total. The number of likely N-dealkylation sites (tertiary alicyclic amines) is 1. The number of benzene rings is 2. The van der Waals surface area contributed by atoms with Gasteiger partial charge in [0.1, 0.15) is 4.75 Å². The smallest absolute Gasteiger partial charge is 0.435 e. The van der Waals surface area contributed by atoms with Crippen LogP contribution < -0.4 is 0 Å². The van der Waals surface area contributed by atoms with E-state index in [9.17, 15) is 49.5 Å². The van der Waals surface area contributed by atoms with Crippen LogP contribution in [-0.4, -0.2) is 55.2 Å². The quantitative estimate of drug-likeness (QED) is 0.328. The zero-order valence-corrected chi connectivity index (χ0v) is 26.3. The summed E-state index contributed by atoms with van der Waals surface area (Å²) in [7, 11) is -4.51. The van der Waals surface area contributed by atoms with Crippen molar-refractivity contribution in [1.29, 1.82) is 0 Å². The van der Waals surface area contributed by atoms with Crippen molar-refractivity contribution < 1.29 is 53.8 Å². The molecule has 2 fully saturated rings. The van der Waals surface area contributed by atoms with Gasteiger partial charge in [-0.3, -0.25) is 9.59 Å². The summed E-state index contributed by atoms with van der Waals surface area (Å²) in [6.07, 6.45) is -12.4. The number of carboxylic acid groups (broad SMARTS) is 1. The molecule has 1 saturated heterocycles. The van der Waals surface area contributed by atoms with E-state index >= 15 is 4.39 Å². The fraction of sp³-hybridized carbons (Fsp3) is 0.548. The van der Waals surface area contributed by atoms with Crippen molar-refractivity contribution in [2.24, 2.45) is 11.3 Å². The molecule has 2 atom stereocenters. The lowest BCUT2D eigenvalue weighted by molar-refractivity contribution is -0.348. The number of amides is 1. The van der Waals surface area contributed by atoms with Crippen molar-refractivity contribution in [3.63, 3.8) is 0 Å². The van der Waals surface area contributed by atoms with Gasteiger partial charge in [-0.25, -0.2) is 12.8 Å². The molecular formula is C31H31ClF7NO5S. The van der Waals surface area contributed by atoms with Crippen molar-refractivity contribution in [2.45, 2.75) is 92.5 Å². The standard InChI is InChI=1S/C31H31ClF7NO5S/c1-17-15-21(5-7-23(17)32)46(44,45)28-13-14-40(25(41)18-9-11-27(2,12-10-18)26(42)43)24(28)8-3-19-16-20(4-6-22(19)28)29(33,30(34,35)36)31(37,38)39/h4-7,15-16,18,24H,3,8-14H2,1-2H3,(H,42,43). The lowest BCUT2D eigenvalue weighted by atomic mass is 9.71. The van der Waals surface area contributed by atoms with Gasteiger partial charge in [0.2, 0.25) is 5.91 Å². The number of aryl methyl sites for hydroxylation is 2. The second-order valence-corrected chi connectivity index (χ2v) is 15.4. The van der Waals surface area contributed by atoms with Gasteiger partial charge < -0.3 is 10.0 Å². The molecule has 1 saturated carbocycles. The minimum atomic E-state index is -6.35. The molecule has 0 bridgehead atoms. The van der Waals surface area contributed by atoms with Gasteiger partial charge in [-0.15, -0.1) is 0 Å². The Labute approximate surface area is 265 Å². The first-order valence-corrected chi connectivity index (χ1v) is 16.5. The van der Waals surface area contributed by atoms with Crippen molar-refractivity contribution in [3.05, 3.63) is 63.7 Å². The van der Waals surface area contributed by atoms with Crippen LogP contribution in [0.5, 0.6) is 0 Å². The molecule has 2 aliphatic carbocycles. The zero-order valence-electron chi connectivity index (χ0n) is 24.7. The maximum absolute atomic E-state index is 15.1. The minimum Gasteiger partial charge on any atom is -0.481 e. The van der Waals surface area contributed by atoms with Crippen LogP contribution in [0.25, 0.3) is 0 Å². The van der Waals surface area contributed by atoms with Crippen molar-refractivity contribution in [2.75, 3.05) is 6.54 Å². The van der Waals surface area contributed by atoms with Gasteiger partial charge in [0.15, 0.2) is 9.84 Å². The number of carbonyl (C=O) groups excluding carboxylic acids is 1. The van der Waals surface area contributed by atoms with Crippen molar-refractivity contribution in [1.82, 2.24) is 4.90 Å². The van der Waals surface area contributed by atoms with E-state index in [0.29, 0.717) is 17.7 Å². The molecule has 2 aromatic carbocycles. The highest BCUT2D eigenvalue weighted by Gasteiger charge is 2.74. The molecule has 1 aliphatic heterocycles. The summed E-state index contributed by atoms with van der Waals surface area (Å²) in [4.78, 5) is 26.9. The number of aliphatic carboxylic acids is 1. The molecule has 0 radical (unpaired) electrons. The zero-order chi connectivity index (χ0) is 34.3. The van der Waals surface area contributed by atoms with Crippen LogP contribution in [0.3, 0.4) is 0 Å². The summed E-state index contributed by atoms with van der Waals surface area (Å²) in [5, 5.41) is 9.85. The van der Waals surface area contributed by atoms with Gasteiger partial charge >= 0.3 is 24.0 Å². The topological polar surface area (TPSA) is 91.8 Å². The Kier molecular flexibility index (Phi) is 8.32. The Morgan fingerprint density at radius 2 is 1.54 bits per heavy atom. The Morgan fingerprint density at radius 3 is 2.09 bits per heavy atom. The Bertz CT molecular complexity index is 1670. The number of carboxylic acids is 1. The number of alkyl halides is 7. The summed E-state index contributed by atoms with van der Waals surface area (Å²) < 4.78 is 124. The van der Waals surface area contributed by atoms with Crippen molar-refractivity contribution in [3.8, 4) is 0 Å². The molecule has 1 heterocycles. The van der Waals surface area contributed by atoms with E-state index in [1.54, 1.807) is 13.8 Å². The first kappa shape index (κ1) is 34.5. The van der Waals surface area contributed by atoms with Gasteiger partial charge in [0.25, 0.3) is 0 Å². The highest BCUT2D eigenvalue weighted by atomic mass is 35.5. The van der Waals surface area contributed by atoms with Gasteiger partial charge in [0, 0.05) is 23.0 Å². The molecule has 15 heteroatoms. The molecule has 1 amide bonds. The molecule has 252 valence electrons. The van der Waals surface area contributed by atoms with E-state index in [2.05, 4.69) is 0 Å². The minimum absolute atomic E-state index is 0.0820. The van der Waals surface area contributed by atoms with Gasteiger partial charge in [-0.05, 0) is 93.7 Å². The van der Waals surface area contributed by atoms with E-state index in [1.807, 2.05) is 0 Å². The highest BCUT2D eigenvalue weighted by molar-refractivity contribution is 7.92. The van der Waals surface area contributed by atoms with E-state index in [-0.39, 0.29) is 72.5 Å². The monoisotopic (exact) mass is 697 g/mol. The van der Waals surface area contributed by atoms with Crippen LogP contribution in [0.15, 0.2) is 41.3 Å². The summed E-state index contributed by atoms with van der Waals surface area (Å²) in [6.45, 7) is 3.07. The summed E-state index contributed by atoms with van der Waals surface area (Å²) >= 11 is 6.13. The third kappa shape index (κ3) is 5.00. The van der Waals surface area contributed by atoms with E-state index in [0.717, 1.165) is 6.07 Å². The summed E-state index contributed by atoms with van der Waals surface area (Å²) in [5.74, 6) is -1.98. The largest absolute Gasteiger partial charge is 0.481 e. The van der Waals surface area contributed by atoms with Crippen LogP contribution in [-0.2, 0) is 36.3 Å². The second-order valence-electron chi connectivity index (χ2n) is 12.8. The predicted molar refractivity (Wildman–Crippen MR) is 153 cm³/mol. The van der Waals surface area contributed by atoms with E-state index in [1.165, 1.54) is 23.1 Å². The molecule has 2 unspecified atom stereocenters. The molecule has 3 aliphatic rings. The van der Waals surface area contributed by atoms with Gasteiger partial charge in [-0.1, -0.05) is 29.8 Å². The number of carbonyl (C=O) groups is 2. The van der Waals surface area contributed by atoms with Gasteiger partial charge in [-0.2, -0.15) is 26.3 Å². The molecular weight excluding hydrogens is 667 g/mol. The van der Waals surface area contributed by atoms with Crippen LogP contribution in [0.4, 0.5) is 30.7 Å². The Morgan fingerprint density at radius 1 is 0.935 bits per heavy atom. The van der Waals surface area contributed by atoms with Gasteiger partial charge in [0.05, 0.1) is 16.4 Å². The van der Waals surface area contributed by atoms with Crippen LogP contribution in [0, 0.1) is 18.3 Å². The van der Waals surface area contributed by atoms with Crippen molar-refractivity contribution >= 4 is 33.3 Å². The number of hydrogen-bond acceptors (Lipinski definition) is 4. The predicted octanol–water partition coefficient (Wildman–Crippen LogP) is 7.44. The number of nitrogens with zero attached hydrogens (tertiary/aromatic N) is 1. The third-order valence-electron chi connectivity index (χ3n) is 10.2. The number of fused-ring (bicyclic) bond motifs is 3. The lowest BCUT2D eigenvalue weighted by Crippen LogP contribution is -2.54. The number of rotatable bonds is 5. The van der Waals surface area contributed by atoms with E-state index in [4.69, 9.17) is 11.6 Å². The second kappa shape index (κ2) is 11.1. The SMILES string of the molecule is Cc1cc(S(=O)(=O)C23CCN(C(=O)C4CCC(C)(C(=O)O)CC4)C2CCc2cc(C(F)(C(F)(F)F)C(F)(F)F)ccc23)ccc1Cl. The number of sulfone groups is 1. The average Bonchev–Trinajstić information content (AvgIpc) is 3.38. The lowest BCUT2D eigenvalue weighted by Gasteiger charge is -2.44. The van der Waals surface area contributed by atoms with Crippen LogP contribution in [0.1, 0.15) is 67.7 Å². The summed E-state index contributed by atoms with van der Waals surface area (Å²) in [6, 6.07) is 4.44.